The Bertz CT molecular complexity index is 207. The van der Waals surface area contributed by atoms with Gasteiger partial charge in [0.2, 0.25) is 0 Å². The van der Waals surface area contributed by atoms with Crippen LogP contribution in [-0.2, 0) is 0 Å². The van der Waals surface area contributed by atoms with Gasteiger partial charge in [-0.1, -0.05) is 27.7 Å². The highest BCUT2D eigenvalue weighted by molar-refractivity contribution is 4.90. The van der Waals surface area contributed by atoms with Crippen LogP contribution in [0.4, 0.5) is 0 Å². The molecule has 3 unspecified atom stereocenters. The Morgan fingerprint density at radius 2 is 1.94 bits per heavy atom. The minimum Gasteiger partial charge on any atom is -0.315 e. The summed E-state index contributed by atoms with van der Waals surface area (Å²) in [5, 5.41) is 3.49. The Labute approximate surface area is 102 Å². The average molecular weight is 226 g/mol. The maximum Gasteiger partial charge on any atom is 0.0240 e. The minimum absolute atomic E-state index is 0.343. The Morgan fingerprint density at radius 3 is 2.38 bits per heavy atom. The molecular formula is C14H30N2. The molecule has 1 N–H and O–H groups in total. The third kappa shape index (κ3) is 3.21. The molecule has 1 aliphatic heterocycles. The first-order chi connectivity index (χ1) is 7.40. The number of hydrogen-bond acceptors (Lipinski definition) is 2. The van der Waals surface area contributed by atoms with Crippen LogP contribution in [0.3, 0.4) is 0 Å². The molecule has 1 fully saturated rings. The van der Waals surface area contributed by atoms with E-state index in [0.717, 1.165) is 12.1 Å². The highest BCUT2D eigenvalue weighted by Crippen LogP contribution is 2.29. The zero-order chi connectivity index (χ0) is 12.3. The fourth-order valence-corrected chi connectivity index (χ4v) is 2.90. The van der Waals surface area contributed by atoms with Crippen LogP contribution >= 0.6 is 0 Å². The quantitative estimate of drug-likeness (QED) is 0.793. The molecule has 1 rings (SSSR count). The van der Waals surface area contributed by atoms with Gasteiger partial charge in [-0.15, -0.1) is 0 Å². The lowest BCUT2D eigenvalue weighted by molar-refractivity contribution is 0.137. The Kier molecular flexibility index (Phi) is 4.81. The molecule has 0 aliphatic carbocycles. The Morgan fingerprint density at radius 1 is 1.31 bits per heavy atom. The van der Waals surface area contributed by atoms with Crippen LogP contribution in [0.25, 0.3) is 0 Å². The van der Waals surface area contributed by atoms with Crippen LogP contribution in [0.1, 0.15) is 53.9 Å². The van der Waals surface area contributed by atoms with Crippen molar-refractivity contribution in [2.45, 2.75) is 72.0 Å². The molecule has 2 nitrogen and oxygen atoms in total. The molecule has 0 radical (unpaired) electrons. The summed E-state index contributed by atoms with van der Waals surface area (Å²) in [7, 11) is 2.09. The van der Waals surface area contributed by atoms with E-state index in [1.165, 1.54) is 25.8 Å². The van der Waals surface area contributed by atoms with Gasteiger partial charge in [-0.05, 0) is 38.6 Å². The molecule has 3 atom stereocenters. The number of nitrogens with one attached hydrogen (secondary N) is 1. The van der Waals surface area contributed by atoms with Gasteiger partial charge < -0.3 is 5.32 Å². The maximum atomic E-state index is 3.49. The molecule has 0 spiro atoms. The molecule has 0 aromatic heterocycles. The first kappa shape index (κ1) is 14.0. The Balaban J connectivity index is 2.63. The number of rotatable bonds is 4. The molecule has 0 bridgehead atoms. The van der Waals surface area contributed by atoms with E-state index in [1.807, 2.05) is 0 Å². The van der Waals surface area contributed by atoms with Crippen LogP contribution in [0.2, 0.25) is 0 Å². The molecule has 1 heterocycles. The van der Waals surface area contributed by atoms with Crippen molar-refractivity contribution in [2.24, 2.45) is 5.41 Å². The third-order valence-electron chi connectivity index (χ3n) is 4.21. The molecule has 2 heteroatoms. The predicted molar refractivity (Wildman–Crippen MR) is 71.8 cm³/mol. The topological polar surface area (TPSA) is 15.3 Å². The van der Waals surface area contributed by atoms with Gasteiger partial charge in [0.25, 0.3) is 0 Å². The van der Waals surface area contributed by atoms with Gasteiger partial charge in [-0.25, -0.2) is 0 Å². The van der Waals surface area contributed by atoms with E-state index in [0.29, 0.717) is 11.5 Å². The van der Waals surface area contributed by atoms with Crippen LogP contribution in [-0.4, -0.2) is 36.6 Å². The molecule has 0 saturated carbocycles. The van der Waals surface area contributed by atoms with Crippen molar-refractivity contribution < 1.29 is 0 Å². The van der Waals surface area contributed by atoms with Gasteiger partial charge in [0.15, 0.2) is 0 Å². The fraction of sp³-hybridized carbons (Fsp3) is 1.00. The van der Waals surface area contributed by atoms with Crippen molar-refractivity contribution in [2.75, 3.05) is 13.6 Å². The molecule has 16 heavy (non-hydrogen) atoms. The molecule has 0 aromatic carbocycles. The summed E-state index contributed by atoms with van der Waals surface area (Å²) in [6, 6.07) is 2.17. The summed E-state index contributed by atoms with van der Waals surface area (Å²) in [4.78, 5) is 2.71. The van der Waals surface area contributed by atoms with Gasteiger partial charge in [0.1, 0.15) is 0 Å². The molecule has 0 aromatic rings. The van der Waals surface area contributed by atoms with E-state index in [1.54, 1.807) is 0 Å². The SMILES string of the molecule is CCC1CCC(C)N1CC(NC)C(C)(C)C. The lowest BCUT2D eigenvalue weighted by Gasteiger charge is -2.37. The fourth-order valence-electron chi connectivity index (χ4n) is 2.90. The summed E-state index contributed by atoms with van der Waals surface area (Å²) in [5.41, 5.74) is 0.343. The summed E-state index contributed by atoms with van der Waals surface area (Å²) in [6.07, 6.45) is 4.06. The average Bonchev–Trinajstić information content (AvgIpc) is 2.54. The molecule has 1 aliphatic rings. The zero-order valence-corrected chi connectivity index (χ0v) is 12.0. The van der Waals surface area contributed by atoms with Gasteiger partial charge in [0.05, 0.1) is 0 Å². The lowest BCUT2D eigenvalue weighted by atomic mass is 9.86. The van der Waals surface area contributed by atoms with Crippen molar-refractivity contribution in [3.63, 3.8) is 0 Å². The monoisotopic (exact) mass is 226 g/mol. The first-order valence-electron chi connectivity index (χ1n) is 6.83. The van der Waals surface area contributed by atoms with Gasteiger partial charge in [-0.3, -0.25) is 4.90 Å². The van der Waals surface area contributed by atoms with E-state index in [2.05, 4.69) is 51.9 Å². The normalized spacial score (nSPS) is 29.6. The second-order valence-corrected chi connectivity index (χ2v) is 6.39. The lowest BCUT2D eigenvalue weighted by Crippen LogP contribution is -2.50. The second-order valence-electron chi connectivity index (χ2n) is 6.39. The summed E-state index contributed by atoms with van der Waals surface area (Å²) in [6.45, 7) is 12.9. The van der Waals surface area contributed by atoms with Gasteiger partial charge >= 0.3 is 0 Å². The van der Waals surface area contributed by atoms with Crippen molar-refractivity contribution >= 4 is 0 Å². The van der Waals surface area contributed by atoms with E-state index in [4.69, 9.17) is 0 Å². The highest BCUT2D eigenvalue weighted by Gasteiger charge is 2.33. The van der Waals surface area contributed by atoms with Crippen molar-refractivity contribution in [3.05, 3.63) is 0 Å². The first-order valence-corrected chi connectivity index (χ1v) is 6.83. The summed E-state index contributed by atoms with van der Waals surface area (Å²) >= 11 is 0. The van der Waals surface area contributed by atoms with Crippen LogP contribution < -0.4 is 5.32 Å². The van der Waals surface area contributed by atoms with E-state index in [9.17, 15) is 0 Å². The molecule has 1 saturated heterocycles. The number of nitrogens with zero attached hydrogens (tertiary/aromatic N) is 1. The van der Waals surface area contributed by atoms with Gasteiger partial charge in [0, 0.05) is 24.7 Å². The number of likely N-dealkylation sites (N-methyl/N-ethyl adjacent to an activating group) is 1. The summed E-state index contributed by atoms with van der Waals surface area (Å²) < 4.78 is 0. The Hall–Kier alpha value is -0.0800. The minimum atomic E-state index is 0.343. The van der Waals surface area contributed by atoms with Crippen molar-refractivity contribution in [1.82, 2.24) is 10.2 Å². The molecule has 0 amide bonds. The molecule has 96 valence electrons. The van der Waals surface area contributed by atoms with E-state index in [-0.39, 0.29) is 0 Å². The number of hydrogen-bond donors (Lipinski definition) is 1. The van der Waals surface area contributed by atoms with Gasteiger partial charge in [-0.2, -0.15) is 0 Å². The predicted octanol–water partition coefficient (Wildman–Crippen LogP) is 2.88. The molecular weight excluding hydrogens is 196 g/mol. The third-order valence-corrected chi connectivity index (χ3v) is 4.21. The second kappa shape index (κ2) is 5.50. The van der Waals surface area contributed by atoms with Crippen LogP contribution in [0.5, 0.6) is 0 Å². The highest BCUT2D eigenvalue weighted by atomic mass is 15.2. The summed E-state index contributed by atoms with van der Waals surface area (Å²) in [5.74, 6) is 0. The van der Waals surface area contributed by atoms with Crippen LogP contribution in [0, 0.1) is 5.41 Å². The van der Waals surface area contributed by atoms with E-state index >= 15 is 0 Å². The standard InChI is InChI=1S/C14H30N2/c1-7-12-9-8-11(2)16(12)10-13(15-6)14(3,4)5/h11-13,15H,7-10H2,1-6H3. The largest absolute Gasteiger partial charge is 0.315 e. The zero-order valence-electron chi connectivity index (χ0n) is 12.0. The van der Waals surface area contributed by atoms with Crippen LogP contribution in [0.15, 0.2) is 0 Å². The smallest absolute Gasteiger partial charge is 0.0240 e. The number of likely N-dealkylation sites (tertiary alicyclic amines) is 1. The maximum absolute atomic E-state index is 3.49. The van der Waals surface area contributed by atoms with Crippen molar-refractivity contribution in [3.8, 4) is 0 Å². The van der Waals surface area contributed by atoms with Crippen molar-refractivity contribution in [1.29, 1.82) is 0 Å². The van der Waals surface area contributed by atoms with E-state index < -0.39 is 0 Å².